The first-order valence-electron chi connectivity index (χ1n) is 5.53. The second-order valence-corrected chi connectivity index (χ2v) is 4.94. The molecular formula is C13H11BrN2O3. The topological polar surface area (TPSA) is 70.0 Å². The molecule has 0 fully saturated rings. The molecule has 0 aliphatic carbocycles. The zero-order chi connectivity index (χ0) is 14.0. The van der Waals surface area contributed by atoms with Crippen molar-refractivity contribution in [2.24, 2.45) is 4.99 Å². The first kappa shape index (κ1) is 13.5. The minimum absolute atomic E-state index is 0.251. The SMILES string of the molecule is CC1=N/C(=C\c2ccc(Br)cc2)C(=O)N1CC(=O)O. The zero-order valence-electron chi connectivity index (χ0n) is 10.1. The molecule has 1 aromatic rings. The Morgan fingerprint density at radius 2 is 2.05 bits per heavy atom. The largest absolute Gasteiger partial charge is 0.480 e. The van der Waals surface area contributed by atoms with Crippen molar-refractivity contribution in [1.29, 1.82) is 0 Å². The quantitative estimate of drug-likeness (QED) is 0.867. The Labute approximate surface area is 118 Å². The predicted molar refractivity (Wildman–Crippen MR) is 74.6 cm³/mol. The Morgan fingerprint density at radius 3 is 2.63 bits per heavy atom. The maximum atomic E-state index is 12.0. The summed E-state index contributed by atoms with van der Waals surface area (Å²) < 4.78 is 0.944. The van der Waals surface area contributed by atoms with Gasteiger partial charge in [-0.1, -0.05) is 28.1 Å². The number of carbonyl (C=O) groups excluding carboxylic acids is 1. The van der Waals surface area contributed by atoms with E-state index < -0.39 is 5.97 Å². The average Bonchev–Trinajstić information content (AvgIpc) is 2.60. The highest BCUT2D eigenvalue weighted by molar-refractivity contribution is 9.10. The highest BCUT2D eigenvalue weighted by Crippen LogP contribution is 2.19. The Hall–Kier alpha value is -1.95. The van der Waals surface area contributed by atoms with E-state index in [9.17, 15) is 9.59 Å². The van der Waals surface area contributed by atoms with Crippen LogP contribution in [0.2, 0.25) is 0 Å². The smallest absolute Gasteiger partial charge is 0.323 e. The van der Waals surface area contributed by atoms with Crippen molar-refractivity contribution >= 4 is 39.7 Å². The van der Waals surface area contributed by atoms with Gasteiger partial charge in [0.05, 0.1) is 0 Å². The van der Waals surface area contributed by atoms with E-state index in [0.29, 0.717) is 5.84 Å². The minimum Gasteiger partial charge on any atom is -0.480 e. The summed E-state index contributed by atoms with van der Waals surface area (Å²) in [5, 5.41) is 8.74. The number of nitrogens with zero attached hydrogens (tertiary/aromatic N) is 2. The molecule has 1 aliphatic rings. The molecule has 1 aromatic carbocycles. The van der Waals surface area contributed by atoms with E-state index >= 15 is 0 Å². The number of aliphatic imine (C=N–C) groups is 1. The molecule has 0 atom stereocenters. The number of aliphatic carboxylic acids is 1. The van der Waals surface area contributed by atoms with Gasteiger partial charge in [0, 0.05) is 4.47 Å². The fourth-order valence-electron chi connectivity index (χ4n) is 1.70. The predicted octanol–water partition coefficient (Wildman–Crippen LogP) is 2.14. The van der Waals surface area contributed by atoms with E-state index in [-0.39, 0.29) is 18.1 Å². The van der Waals surface area contributed by atoms with Crippen LogP contribution in [0.1, 0.15) is 12.5 Å². The number of benzene rings is 1. The van der Waals surface area contributed by atoms with Gasteiger partial charge >= 0.3 is 5.97 Å². The maximum Gasteiger partial charge on any atom is 0.323 e. The number of amides is 1. The molecule has 1 N–H and O–H groups in total. The monoisotopic (exact) mass is 322 g/mol. The van der Waals surface area contributed by atoms with Crippen LogP contribution in [-0.2, 0) is 9.59 Å². The van der Waals surface area contributed by atoms with Crippen molar-refractivity contribution in [2.75, 3.05) is 6.54 Å². The van der Waals surface area contributed by atoms with Crippen molar-refractivity contribution in [3.8, 4) is 0 Å². The van der Waals surface area contributed by atoms with Crippen LogP contribution >= 0.6 is 15.9 Å². The van der Waals surface area contributed by atoms with Gasteiger partial charge in [-0.05, 0) is 30.7 Å². The lowest BCUT2D eigenvalue weighted by atomic mass is 10.2. The van der Waals surface area contributed by atoms with Crippen LogP contribution in [0.5, 0.6) is 0 Å². The Balaban J connectivity index is 2.25. The zero-order valence-corrected chi connectivity index (χ0v) is 11.7. The lowest BCUT2D eigenvalue weighted by Gasteiger charge is -2.11. The highest BCUT2D eigenvalue weighted by Gasteiger charge is 2.28. The van der Waals surface area contributed by atoms with E-state index in [1.165, 1.54) is 0 Å². The second-order valence-electron chi connectivity index (χ2n) is 4.03. The molecule has 6 heteroatoms. The molecule has 0 saturated carbocycles. The lowest BCUT2D eigenvalue weighted by molar-refractivity contribution is -0.140. The molecule has 2 rings (SSSR count). The number of carboxylic acid groups (broad SMARTS) is 1. The molecule has 98 valence electrons. The van der Waals surface area contributed by atoms with Gasteiger partial charge in [0.15, 0.2) is 0 Å². The molecule has 1 amide bonds. The lowest BCUT2D eigenvalue weighted by Crippen LogP contribution is -2.35. The van der Waals surface area contributed by atoms with Crippen molar-refractivity contribution in [1.82, 2.24) is 4.90 Å². The Bertz CT molecular complexity index is 590. The molecule has 0 spiro atoms. The van der Waals surface area contributed by atoms with E-state index in [1.54, 1.807) is 13.0 Å². The van der Waals surface area contributed by atoms with Crippen molar-refractivity contribution < 1.29 is 14.7 Å². The van der Waals surface area contributed by atoms with Gasteiger partial charge in [-0.2, -0.15) is 0 Å². The third kappa shape index (κ3) is 3.08. The Morgan fingerprint density at radius 1 is 1.42 bits per heavy atom. The number of hydrogen-bond donors (Lipinski definition) is 1. The van der Waals surface area contributed by atoms with Gasteiger partial charge in [-0.15, -0.1) is 0 Å². The first-order valence-corrected chi connectivity index (χ1v) is 6.33. The van der Waals surface area contributed by atoms with Crippen LogP contribution < -0.4 is 0 Å². The average molecular weight is 323 g/mol. The van der Waals surface area contributed by atoms with Crippen LogP contribution in [-0.4, -0.2) is 34.3 Å². The third-order valence-corrected chi connectivity index (χ3v) is 3.13. The number of carboxylic acids is 1. The number of halogens is 1. The number of rotatable bonds is 3. The molecule has 1 aliphatic heterocycles. The van der Waals surface area contributed by atoms with Crippen molar-refractivity contribution in [3.63, 3.8) is 0 Å². The highest BCUT2D eigenvalue weighted by atomic mass is 79.9. The van der Waals surface area contributed by atoms with Crippen LogP contribution in [0, 0.1) is 0 Å². The standard InChI is InChI=1S/C13H11BrN2O3/c1-8-15-11(13(19)16(8)7-12(17)18)6-9-2-4-10(14)5-3-9/h2-6H,7H2,1H3,(H,17,18)/b11-6-. The summed E-state index contributed by atoms with van der Waals surface area (Å²) >= 11 is 3.33. The summed E-state index contributed by atoms with van der Waals surface area (Å²) in [7, 11) is 0. The molecule has 1 heterocycles. The second kappa shape index (κ2) is 5.36. The van der Waals surface area contributed by atoms with Gasteiger partial charge in [0.1, 0.15) is 18.1 Å². The van der Waals surface area contributed by atoms with Gasteiger partial charge in [0.25, 0.3) is 5.91 Å². The molecule has 0 unspecified atom stereocenters. The molecule has 5 nitrogen and oxygen atoms in total. The minimum atomic E-state index is -1.06. The van der Waals surface area contributed by atoms with Gasteiger partial charge < -0.3 is 5.11 Å². The molecular weight excluding hydrogens is 312 g/mol. The van der Waals surface area contributed by atoms with Gasteiger partial charge in [0.2, 0.25) is 0 Å². The number of amidine groups is 1. The normalized spacial score (nSPS) is 16.9. The molecule has 19 heavy (non-hydrogen) atoms. The molecule has 0 saturated heterocycles. The van der Waals surface area contributed by atoms with E-state index in [4.69, 9.17) is 5.11 Å². The summed E-state index contributed by atoms with van der Waals surface area (Å²) in [5.74, 6) is -1.05. The summed E-state index contributed by atoms with van der Waals surface area (Å²) in [5.41, 5.74) is 1.08. The molecule has 0 aromatic heterocycles. The first-order chi connectivity index (χ1) is 8.97. The fourth-order valence-corrected chi connectivity index (χ4v) is 1.96. The Kier molecular flexibility index (Phi) is 3.80. The van der Waals surface area contributed by atoms with Crippen molar-refractivity contribution in [2.45, 2.75) is 6.92 Å². The van der Waals surface area contributed by atoms with Gasteiger partial charge in [-0.3, -0.25) is 14.5 Å². The molecule has 0 radical (unpaired) electrons. The van der Waals surface area contributed by atoms with Crippen molar-refractivity contribution in [3.05, 3.63) is 40.0 Å². The summed E-state index contributed by atoms with van der Waals surface area (Å²) in [6.45, 7) is 1.25. The van der Waals surface area contributed by atoms with E-state index in [2.05, 4.69) is 20.9 Å². The number of carbonyl (C=O) groups is 2. The summed E-state index contributed by atoms with van der Waals surface area (Å²) in [4.78, 5) is 27.9. The van der Waals surface area contributed by atoms with Crippen LogP contribution in [0.25, 0.3) is 6.08 Å². The van der Waals surface area contributed by atoms with E-state index in [0.717, 1.165) is 14.9 Å². The molecule has 0 bridgehead atoms. The summed E-state index contributed by atoms with van der Waals surface area (Å²) in [6, 6.07) is 7.40. The fraction of sp³-hybridized carbons (Fsp3) is 0.154. The number of hydrogen-bond acceptors (Lipinski definition) is 3. The van der Waals surface area contributed by atoms with Crippen LogP contribution in [0.4, 0.5) is 0 Å². The maximum absolute atomic E-state index is 12.0. The van der Waals surface area contributed by atoms with Crippen LogP contribution in [0.15, 0.2) is 39.4 Å². The van der Waals surface area contributed by atoms with E-state index in [1.807, 2.05) is 24.3 Å². The van der Waals surface area contributed by atoms with Crippen LogP contribution in [0.3, 0.4) is 0 Å². The van der Waals surface area contributed by atoms with Gasteiger partial charge in [-0.25, -0.2) is 4.99 Å². The summed E-state index contributed by atoms with van der Waals surface area (Å²) in [6.07, 6.45) is 1.64. The third-order valence-electron chi connectivity index (χ3n) is 2.60.